The molecule has 23 heavy (non-hydrogen) atoms. The molecule has 0 spiro atoms. The van der Waals surface area contributed by atoms with Crippen molar-refractivity contribution in [2.75, 3.05) is 6.54 Å². The van der Waals surface area contributed by atoms with Crippen molar-refractivity contribution in [3.8, 4) is 11.3 Å². The molecule has 122 valence electrons. The lowest BCUT2D eigenvalue weighted by Gasteiger charge is -2.18. The molecule has 0 aliphatic rings. The van der Waals surface area contributed by atoms with Gasteiger partial charge >= 0.3 is 5.97 Å². The third kappa shape index (κ3) is 3.97. The molecule has 2 aromatic rings. The Morgan fingerprint density at radius 1 is 1.26 bits per heavy atom. The van der Waals surface area contributed by atoms with E-state index in [1.807, 2.05) is 30.3 Å². The highest BCUT2D eigenvalue weighted by Gasteiger charge is 2.27. The maximum Gasteiger partial charge on any atom is 0.309 e. The van der Waals surface area contributed by atoms with E-state index < -0.39 is 11.4 Å². The molecule has 0 atom stereocenters. The summed E-state index contributed by atoms with van der Waals surface area (Å²) in [6.45, 7) is 5.17. The van der Waals surface area contributed by atoms with E-state index >= 15 is 0 Å². The number of benzene rings is 1. The fourth-order valence-electron chi connectivity index (χ4n) is 2.05. The van der Waals surface area contributed by atoms with Gasteiger partial charge in [-0.15, -0.1) is 0 Å². The quantitative estimate of drug-likeness (QED) is 0.855. The summed E-state index contributed by atoms with van der Waals surface area (Å²) >= 11 is 0. The molecule has 0 bridgehead atoms. The maximum absolute atomic E-state index is 12.3. The number of carboxylic acid groups (broad SMARTS) is 1. The first-order chi connectivity index (χ1) is 10.8. The lowest BCUT2D eigenvalue weighted by atomic mass is 9.90. The van der Waals surface area contributed by atoms with Crippen LogP contribution in [-0.4, -0.2) is 28.5 Å². The Bertz CT molecular complexity index is 705. The molecule has 6 nitrogen and oxygen atoms in total. The third-order valence-corrected chi connectivity index (χ3v) is 3.60. The summed E-state index contributed by atoms with van der Waals surface area (Å²) < 4.78 is 5.54. The first-order valence-electron chi connectivity index (χ1n) is 7.36. The number of hydrogen-bond donors (Lipinski definition) is 2. The van der Waals surface area contributed by atoms with Crippen molar-refractivity contribution in [3.63, 3.8) is 0 Å². The molecule has 0 saturated heterocycles. The van der Waals surface area contributed by atoms with E-state index in [0.29, 0.717) is 18.1 Å². The molecule has 0 fully saturated rings. The predicted molar refractivity (Wildman–Crippen MR) is 85.0 cm³/mol. The SMILES string of the molecule is Cc1nc(C(=O)NCCC(C)(C)C(=O)O)c(-c2ccccc2)o1. The standard InChI is InChI=1S/C17H20N2O4/c1-11-19-13(14(23-11)12-7-5-4-6-8-12)15(20)18-10-9-17(2,3)16(21)22/h4-8H,9-10H2,1-3H3,(H,18,20)(H,21,22). The first kappa shape index (κ1) is 16.7. The van der Waals surface area contributed by atoms with Gasteiger partial charge in [-0.3, -0.25) is 9.59 Å². The zero-order chi connectivity index (χ0) is 17.0. The molecule has 0 radical (unpaired) electrons. The van der Waals surface area contributed by atoms with E-state index in [0.717, 1.165) is 5.56 Å². The van der Waals surface area contributed by atoms with Crippen LogP contribution >= 0.6 is 0 Å². The van der Waals surface area contributed by atoms with Crippen LogP contribution in [0.3, 0.4) is 0 Å². The van der Waals surface area contributed by atoms with Gasteiger partial charge in [0.25, 0.3) is 5.91 Å². The number of aliphatic carboxylic acids is 1. The summed E-state index contributed by atoms with van der Waals surface area (Å²) in [5.74, 6) is -0.450. The van der Waals surface area contributed by atoms with Crippen LogP contribution in [0.2, 0.25) is 0 Å². The van der Waals surface area contributed by atoms with Gasteiger partial charge in [-0.1, -0.05) is 30.3 Å². The highest BCUT2D eigenvalue weighted by Crippen LogP contribution is 2.25. The summed E-state index contributed by atoms with van der Waals surface area (Å²) in [6, 6.07) is 9.25. The molecule has 2 N–H and O–H groups in total. The van der Waals surface area contributed by atoms with Crippen LogP contribution in [0.5, 0.6) is 0 Å². The molecule has 2 rings (SSSR count). The van der Waals surface area contributed by atoms with Crippen LogP contribution in [0.15, 0.2) is 34.7 Å². The fraction of sp³-hybridized carbons (Fsp3) is 0.353. The van der Waals surface area contributed by atoms with E-state index in [4.69, 9.17) is 9.52 Å². The minimum atomic E-state index is -0.894. The normalized spacial score (nSPS) is 11.3. The van der Waals surface area contributed by atoms with Crippen molar-refractivity contribution < 1.29 is 19.1 Å². The summed E-state index contributed by atoms with van der Waals surface area (Å²) in [6.07, 6.45) is 0.325. The second-order valence-electron chi connectivity index (χ2n) is 5.97. The summed E-state index contributed by atoms with van der Waals surface area (Å²) in [5.41, 5.74) is 0.0842. The molecule has 0 aliphatic heterocycles. The highest BCUT2D eigenvalue weighted by molar-refractivity contribution is 5.97. The highest BCUT2D eigenvalue weighted by atomic mass is 16.4. The Kier molecular flexibility index (Phi) is 4.83. The van der Waals surface area contributed by atoms with Gasteiger partial charge in [0.2, 0.25) is 0 Å². The summed E-state index contributed by atoms with van der Waals surface area (Å²) in [5, 5.41) is 11.8. The fourth-order valence-corrected chi connectivity index (χ4v) is 2.05. The smallest absolute Gasteiger partial charge is 0.309 e. The Balaban J connectivity index is 2.10. The maximum atomic E-state index is 12.3. The Morgan fingerprint density at radius 3 is 2.52 bits per heavy atom. The van der Waals surface area contributed by atoms with Crippen LogP contribution in [0.4, 0.5) is 0 Å². The van der Waals surface area contributed by atoms with Gasteiger partial charge in [0.05, 0.1) is 5.41 Å². The molecule has 6 heteroatoms. The molecule has 0 unspecified atom stereocenters. The van der Waals surface area contributed by atoms with Crippen LogP contribution in [-0.2, 0) is 4.79 Å². The number of carboxylic acids is 1. The number of rotatable bonds is 6. The minimum absolute atomic E-state index is 0.210. The number of nitrogens with one attached hydrogen (secondary N) is 1. The summed E-state index contributed by atoms with van der Waals surface area (Å²) in [7, 11) is 0. The van der Waals surface area contributed by atoms with E-state index in [1.165, 1.54) is 0 Å². The van der Waals surface area contributed by atoms with E-state index in [2.05, 4.69) is 10.3 Å². The average Bonchev–Trinajstić information content (AvgIpc) is 2.90. The number of nitrogens with zero attached hydrogens (tertiary/aromatic N) is 1. The van der Waals surface area contributed by atoms with Gasteiger partial charge in [0.15, 0.2) is 17.3 Å². The molecule has 1 aromatic heterocycles. The molecular weight excluding hydrogens is 296 g/mol. The number of carbonyl (C=O) groups excluding carboxylic acids is 1. The monoisotopic (exact) mass is 316 g/mol. The van der Waals surface area contributed by atoms with Crippen molar-refractivity contribution in [2.45, 2.75) is 27.2 Å². The zero-order valence-corrected chi connectivity index (χ0v) is 13.4. The molecular formula is C17H20N2O4. The van der Waals surface area contributed by atoms with Crippen LogP contribution < -0.4 is 5.32 Å². The first-order valence-corrected chi connectivity index (χ1v) is 7.36. The van der Waals surface area contributed by atoms with E-state index in [9.17, 15) is 9.59 Å². The van der Waals surface area contributed by atoms with Crippen LogP contribution in [0, 0.1) is 12.3 Å². The number of oxazole rings is 1. The lowest BCUT2D eigenvalue weighted by molar-refractivity contribution is -0.147. The topological polar surface area (TPSA) is 92.4 Å². The predicted octanol–water partition coefficient (Wildman–Crippen LogP) is 2.88. The molecule has 0 saturated carbocycles. The second-order valence-corrected chi connectivity index (χ2v) is 5.97. The van der Waals surface area contributed by atoms with Gasteiger partial charge < -0.3 is 14.8 Å². The lowest BCUT2D eigenvalue weighted by Crippen LogP contribution is -2.32. The number of aryl methyl sites for hydroxylation is 1. The van der Waals surface area contributed by atoms with Gasteiger partial charge in [0.1, 0.15) is 0 Å². The van der Waals surface area contributed by atoms with Gasteiger partial charge in [-0.2, -0.15) is 0 Å². The van der Waals surface area contributed by atoms with Gasteiger partial charge in [0, 0.05) is 19.0 Å². The molecule has 1 heterocycles. The van der Waals surface area contributed by atoms with Crippen molar-refractivity contribution in [1.29, 1.82) is 0 Å². The summed E-state index contributed by atoms with van der Waals surface area (Å²) in [4.78, 5) is 27.5. The molecule has 0 aliphatic carbocycles. The van der Waals surface area contributed by atoms with Crippen LogP contribution in [0.1, 0.15) is 36.6 Å². The average molecular weight is 316 g/mol. The zero-order valence-electron chi connectivity index (χ0n) is 13.4. The Labute approximate surface area is 134 Å². The number of amides is 1. The van der Waals surface area contributed by atoms with Crippen molar-refractivity contribution in [2.24, 2.45) is 5.41 Å². The van der Waals surface area contributed by atoms with Crippen molar-refractivity contribution >= 4 is 11.9 Å². The molecule has 1 aromatic carbocycles. The van der Waals surface area contributed by atoms with Gasteiger partial charge in [-0.25, -0.2) is 4.98 Å². The number of aromatic nitrogens is 1. The third-order valence-electron chi connectivity index (χ3n) is 3.60. The van der Waals surface area contributed by atoms with Gasteiger partial charge in [-0.05, 0) is 20.3 Å². The van der Waals surface area contributed by atoms with Crippen molar-refractivity contribution in [3.05, 3.63) is 41.9 Å². The number of carbonyl (C=O) groups is 2. The Morgan fingerprint density at radius 2 is 1.91 bits per heavy atom. The Hall–Kier alpha value is -2.63. The van der Waals surface area contributed by atoms with Crippen molar-refractivity contribution in [1.82, 2.24) is 10.3 Å². The molecule has 1 amide bonds. The number of hydrogen-bond acceptors (Lipinski definition) is 4. The van der Waals surface area contributed by atoms with E-state index in [1.54, 1.807) is 20.8 Å². The minimum Gasteiger partial charge on any atom is -0.481 e. The van der Waals surface area contributed by atoms with E-state index in [-0.39, 0.29) is 18.1 Å². The largest absolute Gasteiger partial charge is 0.481 e. The van der Waals surface area contributed by atoms with Crippen LogP contribution in [0.25, 0.3) is 11.3 Å². The second kappa shape index (κ2) is 6.64.